The zero-order valence-electron chi connectivity index (χ0n) is 16.3. The number of carboxylic acids is 1. The van der Waals surface area contributed by atoms with Crippen molar-refractivity contribution in [3.63, 3.8) is 0 Å². The highest BCUT2D eigenvalue weighted by molar-refractivity contribution is 7.92. The molecule has 0 aliphatic rings. The number of rotatable bonds is 6. The van der Waals surface area contributed by atoms with Crippen LogP contribution in [0.15, 0.2) is 71.6 Å². The highest BCUT2D eigenvalue weighted by atomic mass is 32.2. The van der Waals surface area contributed by atoms with E-state index in [9.17, 15) is 18.0 Å². The zero-order valence-corrected chi connectivity index (χ0v) is 17.2. The Morgan fingerprint density at radius 2 is 1.50 bits per heavy atom. The minimum atomic E-state index is -3.80. The summed E-state index contributed by atoms with van der Waals surface area (Å²) in [6.45, 7) is 3.51. The zero-order chi connectivity index (χ0) is 21.9. The molecule has 0 saturated heterocycles. The molecule has 0 heterocycles. The molecule has 7 nitrogen and oxygen atoms in total. The molecule has 0 unspecified atom stereocenters. The van der Waals surface area contributed by atoms with Gasteiger partial charge in [-0.3, -0.25) is 9.52 Å². The first-order chi connectivity index (χ1) is 14.2. The third kappa shape index (κ3) is 4.66. The number of anilines is 2. The van der Waals surface area contributed by atoms with Crippen LogP contribution in [0.5, 0.6) is 0 Å². The fourth-order valence-corrected chi connectivity index (χ4v) is 3.93. The van der Waals surface area contributed by atoms with Gasteiger partial charge in [-0.1, -0.05) is 23.8 Å². The van der Waals surface area contributed by atoms with Gasteiger partial charge in [-0.05, 0) is 67.9 Å². The summed E-state index contributed by atoms with van der Waals surface area (Å²) in [5, 5.41) is 11.6. The summed E-state index contributed by atoms with van der Waals surface area (Å²) in [5.74, 6) is -1.50. The van der Waals surface area contributed by atoms with E-state index in [1.54, 1.807) is 37.3 Å². The molecule has 3 aromatic rings. The van der Waals surface area contributed by atoms with Crippen molar-refractivity contribution in [1.82, 2.24) is 0 Å². The van der Waals surface area contributed by atoms with E-state index in [0.29, 0.717) is 22.5 Å². The summed E-state index contributed by atoms with van der Waals surface area (Å²) in [4.78, 5) is 23.7. The van der Waals surface area contributed by atoms with Gasteiger partial charge < -0.3 is 10.4 Å². The lowest BCUT2D eigenvalue weighted by Gasteiger charge is -2.14. The summed E-state index contributed by atoms with van der Waals surface area (Å²) >= 11 is 0. The SMILES string of the molecule is Cc1ccc(S(=O)(=O)Nc2cccc(C(=O)Nc3ccc(C(=O)O)cc3)c2C)cc1. The second kappa shape index (κ2) is 8.38. The molecule has 3 aromatic carbocycles. The molecular formula is C22H20N2O5S. The number of amides is 1. The molecule has 8 heteroatoms. The number of nitrogens with one attached hydrogen (secondary N) is 2. The highest BCUT2D eigenvalue weighted by Gasteiger charge is 2.18. The monoisotopic (exact) mass is 424 g/mol. The summed E-state index contributed by atoms with van der Waals surface area (Å²) in [6, 6.07) is 17.0. The van der Waals surface area contributed by atoms with Gasteiger partial charge in [-0.25, -0.2) is 13.2 Å². The van der Waals surface area contributed by atoms with E-state index in [1.807, 2.05) is 6.92 Å². The predicted octanol–water partition coefficient (Wildman–Crippen LogP) is 4.05. The minimum absolute atomic E-state index is 0.108. The molecular weight excluding hydrogens is 404 g/mol. The summed E-state index contributed by atoms with van der Waals surface area (Å²) in [5.41, 5.74) is 2.53. The number of carbonyl (C=O) groups is 2. The maximum Gasteiger partial charge on any atom is 0.335 e. The molecule has 0 aromatic heterocycles. The maximum absolute atomic E-state index is 12.7. The molecule has 0 aliphatic carbocycles. The normalized spacial score (nSPS) is 11.0. The molecule has 0 saturated carbocycles. The van der Waals surface area contributed by atoms with Crippen molar-refractivity contribution in [1.29, 1.82) is 0 Å². The number of aromatic carboxylic acids is 1. The van der Waals surface area contributed by atoms with Gasteiger partial charge >= 0.3 is 5.97 Å². The number of aryl methyl sites for hydroxylation is 1. The molecule has 30 heavy (non-hydrogen) atoms. The summed E-state index contributed by atoms with van der Waals surface area (Å²) < 4.78 is 27.9. The first-order valence-corrected chi connectivity index (χ1v) is 10.5. The van der Waals surface area contributed by atoms with E-state index >= 15 is 0 Å². The molecule has 0 fully saturated rings. The van der Waals surface area contributed by atoms with E-state index in [1.165, 1.54) is 36.4 Å². The third-order valence-corrected chi connectivity index (χ3v) is 5.93. The Kier molecular flexibility index (Phi) is 5.89. The third-order valence-electron chi connectivity index (χ3n) is 4.54. The molecule has 3 rings (SSSR count). The van der Waals surface area contributed by atoms with Crippen LogP contribution in [0.1, 0.15) is 31.8 Å². The number of hydrogen-bond acceptors (Lipinski definition) is 4. The topological polar surface area (TPSA) is 113 Å². The first kappa shape index (κ1) is 21.1. The van der Waals surface area contributed by atoms with E-state index in [4.69, 9.17) is 5.11 Å². The van der Waals surface area contributed by atoms with Crippen molar-refractivity contribution >= 4 is 33.3 Å². The maximum atomic E-state index is 12.7. The molecule has 3 N–H and O–H groups in total. The van der Waals surface area contributed by atoms with Crippen LogP contribution < -0.4 is 10.0 Å². The van der Waals surface area contributed by atoms with Gasteiger partial charge in [0.25, 0.3) is 15.9 Å². The van der Waals surface area contributed by atoms with Crippen molar-refractivity contribution < 1.29 is 23.1 Å². The van der Waals surface area contributed by atoms with Crippen LogP contribution in [0.3, 0.4) is 0 Å². The molecule has 154 valence electrons. The average molecular weight is 424 g/mol. The average Bonchev–Trinajstić information content (AvgIpc) is 2.70. The fourth-order valence-electron chi connectivity index (χ4n) is 2.81. The second-order valence-electron chi connectivity index (χ2n) is 6.73. The Hall–Kier alpha value is -3.65. The van der Waals surface area contributed by atoms with Crippen LogP contribution in [0.4, 0.5) is 11.4 Å². The first-order valence-electron chi connectivity index (χ1n) is 9.01. The molecule has 0 radical (unpaired) electrons. The minimum Gasteiger partial charge on any atom is -0.478 e. The Morgan fingerprint density at radius 1 is 0.867 bits per heavy atom. The molecule has 1 amide bonds. The van der Waals surface area contributed by atoms with E-state index in [2.05, 4.69) is 10.0 Å². The quantitative estimate of drug-likeness (QED) is 0.552. The van der Waals surface area contributed by atoms with Crippen LogP contribution in [0, 0.1) is 13.8 Å². The largest absolute Gasteiger partial charge is 0.478 e. The summed E-state index contributed by atoms with van der Waals surface area (Å²) in [6.07, 6.45) is 0. The number of hydrogen-bond donors (Lipinski definition) is 3. The van der Waals surface area contributed by atoms with Gasteiger partial charge in [0, 0.05) is 11.3 Å². The Balaban J connectivity index is 1.82. The van der Waals surface area contributed by atoms with E-state index < -0.39 is 21.9 Å². The highest BCUT2D eigenvalue weighted by Crippen LogP contribution is 2.24. The Bertz CT molecular complexity index is 1200. The van der Waals surface area contributed by atoms with Crippen LogP contribution >= 0.6 is 0 Å². The van der Waals surface area contributed by atoms with Gasteiger partial charge in [0.2, 0.25) is 0 Å². The van der Waals surface area contributed by atoms with Crippen LogP contribution in [-0.2, 0) is 10.0 Å². The predicted molar refractivity (Wildman–Crippen MR) is 115 cm³/mol. The van der Waals surface area contributed by atoms with Gasteiger partial charge in [0.05, 0.1) is 16.1 Å². The standard InChI is InChI=1S/C22H20N2O5S/c1-14-6-12-18(13-7-14)30(28,29)24-20-5-3-4-19(15(20)2)21(25)23-17-10-8-16(9-11-17)22(26)27/h3-13,24H,1-2H3,(H,23,25)(H,26,27). The van der Waals surface area contributed by atoms with Crippen molar-refractivity contribution in [2.24, 2.45) is 0 Å². The number of carbonyl (C=O) groups excluding carboxylic acids is 1. The lowest BCUT2D eigenvalue weighted by Crippen LogP contribution is -2.17. The van der Waals surface area contributed by atoms with Crippen molar-refractivity contribution in [3.8, 4) is 0 Å². The number of sulfonamides is 1. The molecule has 0 atom stereocenters. The van der Waals surface area contributed by atoms with Gasteiger partial charge in [-0.2, -0.15) is 0 Å². The lowest BCUT2D eigenvalue weighted by atomic mass is 10.1. The fraction of sp³-hybridized carbons (Fsp3) is 0.0909. The van der Waals surface area contributed by atoms with Crippen molar-refractivity contribution in [2.75, 3.05) is 10.0 Å². The Morgan fingerprint density at radius 3 is 2.10 bits per heavy atom. The van der Waals surface area contributed by atoms with Crippen LogP contribution in [-0.4, -0.2) is 25.4 Å². The Labute approximate surface area is 174 Å². The number of benzene rings is 3. The van der Waals surface area contributed by atoms with E-state index in [0.717, 1.165) is 5.56 Å². The smallest absolute Gasteiger partial charge is 0.335 e. The van der Waals surface area contributed by atoms with Crippen LogP contribution in [0.2, 0.25) is 0 Å². The molecule has 0 bridgehead atoms. The summed E-state index contributed by atoms with van der Waals surface area (Å²) in [7, 11) is -3.80. The number of carboxylic acid groups (broad SMARTS) is 1. The van der Waals surface area contributed by atoms with Crippen LogP contribution in [0.25, 0.3) is 0 Å². The van der Waals surface area contributed by atoms with Crippen molar-refractivity contribution in [3.05, 3.63) is 89.0 Å². The lowest BCUT2D eigenvalue weighted by molar-refractivity contribution is 0.0696. The van der Waals surface area contributed by atoms with Gasteiger partial charge in [0.1, 0.15) is 0 Å². The van der Waals surface area contributed by atoms with Crippen molar-refractivity contribution in [2.45, 2.75) is 18.7 Å². The van der Waals surface area contributed by atoms with Gasteiger partial charge in [-0.15, -0.1) is 0 Å². The second-order valence-corrected chi connectivity index (χ2v) is 8.42. The molecule has 0 spiro atoms. The molecule has 0 aliphatic heterocycles. The van der Waals surface area contributed by atoms with E-state index in [-0.39, 0.29) is 10.5 Å². The van der Waals surface area contributed by atoms with Gasteiger partial charge in [0.15, 0.2) is 0 Å².